The highest BCUT2D eigenvalue weighted by molar-refractivity contribution is 8.00. The summed E-state index contributed by atoms with van der Waals surface area (Å²) in [5.41, 5.74) is 0.820. The number of amides is 1. The number of carbonyl (C=O) groups excluding carboxylic acids is 1. The minimum atomic E-state index is -0.0509. The number of nitrogens with one attached hydrogen (secondary N) is 1. The third-order valence-electron chi connectivity index (χ3n) is 1.34. The highest BCUT2D eigenvalue weighted by atomic mass is 32.2. The molecule has 63 valence electrons. The zero-order chi connectivity index (χ0) is 8.97. The van der Waals surface area contributed by atoms with E-state index in [1.165, 1.54) is 18.7 Å². The highest BCUT2D eigenvalue weighted by Crippen LogP contribution is 2.18. The Morgan fingerprint density at radius 2 is 2.00 bits per heavy atom. The van der Waals surface area contributed by atoms with Crippen LogP contribution in [0.15, 0.2) is 29.2 Å². The second kappa shape index (κ2) is 4.16. The van der Waals surface area contributed by atoms with Crippen LogP contribution in [0.2, 0.25) is 0 Å². The van der Waals surface area contributed by atoms with Crippen LogP contribution in [0.1, 0.15) is 6.92 Å². The van der Waals surface area contributed by atoms with Gasteiger partial charge in [0.15, 0.2) is 0 Å². The molecule has 1 rings (SSSR count). The topological polar surface area (TPSA) is 29.1 Å². The molecule has 0 aliphatic rings. The summed E-state index contributed by atoms with van der Waals surface area (Å²) in [5.74, 6) is -0.0509. The van der Waals surface area contributed by atoms with Crippen molar-refractivity contribution in [2.24, 2.45) is 0 Å². The fraction of sp³-hybridized carbons (Fsp3) is 0.111. The van der Waals surface area contributed by atoms with E-state index in [1.807, 2.05) is 24.3 Å². The fourth-order valence-corrected chi connectivity index (χ4v) is 1.17. The lowest BCUT2D eigenvalue weighted by atomic mass is 10.3. The lowest BCUT2D eigenvalue weighted by molar-refractivity contribution is -0.114. The van der Waals surface area contributed by atoms with Crippen LogP contribution in [-0.4, -0.2) is 5.91 Å². The number of hydrogen-bond acceptors (Lipinski definition) is 2. The van der Waals surface area contributed by atoms with Crippen molar-refractivity contribution in [1.82, 2.24) is 0 Å². The Hall–Kier alpha value is -0.960. The van der Waals surface area contributed by atoms with Crippen LogP contribution in [0.5, 0.6) is 0 Å². The zero-order valence-electron chi connectivity index (χ0n) is 6.83. The fourth-order valence-electron chi connectivity index (χ4n) is 0.838. The molecule has 1 aromatic rings. The van der Waals surface area contributed by atoms with Gasteiger partial charge in [-0.25, -0.2) is 0 Å². The summed E-state index contributed by atoms with van der Waals surface area (Å²) in [6.07, 6.45) is 3.68. The van der Waals surface area contributed by atoms with Gasteiger partial charge in [0.1, 0.15) is 0 Å². The van der Waals surface area contributed by atoms with Gasteiger partial charge in [-0.05, 0) is 24.3 Å². The summed E-state index contributed by atoms with van der Waals surface area (Å²) < 4.78 is 0. The first-order valence-electron chi connectivity index (χ1n) is 3.52. The van der Waals surface area contributed by atoms with Crippen molar-refractivity contribution in [1.29, 1.82) is 0 Å². The zero-order valence-corrected chi connectivity index (χ0v) is 7.65. The van der Waals surface area contributed by atoms with Gasteiger partial charge < -0.3 is 5.32 Å². The van der Waals surface area contributed by atoms with Crippen LogP contribution in [0.3, 0.4) is 0 Å². The van der Waals surface area contributed by atoms with Gasteiger partial charge in [0, 0.05) is 23.8 Å². The predicted octanol–water partition coefficient (Wildman–Crippen LogP) is 2.53. The van der Waals surface area contributed by atoms with Gasteiger partial charge in [-0.1, -0.05) is 0 Å². The minimum Gasteiger partial charge on any atom is -0.326 e. The van der Waals surface area contributed by atoms with E-state index < -0.39 is 0 Å². The molecule has 0 spiro atoms. The van der Waals surface area contributed by atoms with E-state index in [1.54, 1.807) is 0 Å². The Bertz CT molecular complexity index is 268. The molecule has 0 aliphatic heterocycles. The van der Waals surface area contributed by atoms with E-state index in [-0.39, 0.29) is 5.91 Å². The molecule has 0 fully saturated rings. The third-order valence-corrected chi connectivity index (χ3v) is 1.95. The highest BCUT2D eigenvalue weighted by Gasteiger charge is 1.94. The van der Waals surface area contributed by atoms with E-state index >= 15 is 0 Å². The molecule has 0 heterocycles. The van der Waals surface area contributed by atoms with Crippen LogP contribution >= 0.6 is 11.8 Å². The molecule has 1 radical (unpaired) electrons. The van der Waals surface area contributed by atoms with Crippen molar-refractivity contribution >= 4 is 23.4 Å². The lowest BCUT2D eigenvalue weighted by Gasteiger charge is -2.01. The van der Waals surface area contributed by atoms with Gasteiger partial charge in [-0.3, -0.25) is 4.79 Å². The summed E-state index contributed by atoms with van der Waals surface area (Å²) in [4.78, 5) is 11.7. The standard InChI is InChI=1S/C9H10NOS/c1-7(11)10-8-3-5-9(12-2)6-4-8/h3-6H,2H2,1H3,(H,10,11). The second-order valence-electron chi connectivity index (χ2n) is 2.35. The van der Waals surface area contributed by atoms with Crippen molar-refractivity contribution in [2.45, 2.75) is 11.8 Å². The first-order valence-corrected chi connectivity index (χ1v) is 4.50. The Morgan fingerprint density at radius 1 is 1.42 bits per heavy atom. The molecule has 12 heavy (non-hydrogen) atoms. The molecule has 0 unspecified atom stereocenters. The number of anilines is 1. The Balaban J connectivity index is 2.71. The lowest BCUT2D eigenvalue weighted by Crippen LogP contribution is -2.05. The minimum absolute atomic E-state index is 0.0509. The number of benzene rings is 1. The van der Waals surface area contributed by atoms with Crippen molar-refractivity contribution in [2.75, 3.05) is 5.32 Å². The van der Waals surface area contributed by atoms with Gasteiger partial charge >= 0.3 is 0 Å². The molecule has 3 heteroatoms. The quantitative estimate of drug-likeness (QED) is 0.708. The van der Waals surface area contributed by atoms with Gasteiger partial charge in [-0.2, -0.15) is 0 Å². The maximum Gasteiger partial charge on any atom is 0.221 e. The van der Waals surface area contributed by atoms with E-state index in [9.17, 15) is 4.79 Å². The molecule has 1 aromatic carbocycles. The second-order valence-corrected chi connectivity index (χ2v) is 3.11. The number of hydrogen-bond donors (Lipinski definition) is 1. The molecule has 0 atom stereocenters. The van der Waals surface area contributed by atoms with E-state index in [2.05, 4.69) is 11.6 Å². The first-order chi connectivity index (χ1) is 5.72. The molecule has 0 aliphatic carbocycles. The van der Waals surface area contributed by atoms with Crippen molar-refractivity contribution < 1.29 is 4.79 Å². The van der Waals surface area contributed by atoms with Crippen LogP contribution in [0.25, 0.3) is 0 Å². The van der Waals surface area contributed by atoms with Gasteiger partial charge in [0.25, 0.3) is 0 Å². The molecule has 2 nitrogen and oxygen atoms in total. The van der Waals surface area contributed by atoms with Crippen molar-refractivity contribution in [3.8, 4) is 0 Å². The Kier molecular flexibility index (Phi) is 3.17. The van der Waals surface area contributed by atoms with Gasteiger partial charge in [-0.15, -0.1) is 11.8 Å². The van der Waals surface area contributed by atoms with Crippen LogP contribution in [0.4, 0.5) is 5.69 Å². The number of carbonyl (C=O) groups is 1. The maximum absolute atomic E-state index is 10.6. The van der Waals surface area contributed by atoms with Crippen molar-refractivity contribution in [3.63, 3.8) is 0 Å². The Morgan fingerprint density at radius 3 is 2.42 bits per heavy atom. The average molecular weight is 180 g/mol. The monoisotopic (exact) mass is 180 g/mol. The first kappa shape index (κ1) is 9.13. The molecule has 0 bridgehead atoms. The van der Waals surface area contributed by atoms with Crippen LogP contribution in [0, 0.1) is 6.26 Å². The third kappa shape index (κ3) is 2.58. The summed E-state index contributed by atoms with van der Waals surface area (Å²) in [5, 5.41) is 2.69. The molecule has 0 saturated heterocycles. The van der Waals surface area contributed by atoms with Crippen LogP contribution in [-0.2, 0) is 4.79 Å². The van der Waals surface area contributed by atoms with E-state index in [4.69, 9.17) is 0 Å². The van der Waals surface area contributed by atoms with Gasteiger partial charge in [0.05, 0.1) is 0 Å². The Labute approximate surface area is 76.4 Å². The molecule has 0 saturated carbocycles. The van der Waals surface area contributed by atoms with E-state index in [0.717, 1.165) is 10.6 Å². The average Bonchev–Trinajstić information content (AvgIpc) is 2.05. The maximum atomic E-state index is 10.6. The van der Waals surface area contributed by atoms with Gasteiger partial charge in [0.2, 0.25) is 5.91 Å². The predicted molar refractivity (Wildman–Crippen MR) is 52.0 cm³/mol. The largest absolute Gasteiger partial charge is 0.326 e. The molecular weight excluding hydrogens is 170 g/mol. The molecule has 0 aromatic heterocycles. The smallest absolute Gasteiger partial charge is 0.221 e. The summed E-state index contributed by atoms with van der Waals surface area (Å²) in [6, 6.07) is 7.55. The summed E-state index contributed by atoms with van der Waals surface area (Å²) in [6.45, 7) is 1.49. The van der Waals surface area contributed by atoms with Crippen LogP contribution < -0.4 is 5.32 Å². The number of thioether (sulfide) groups is 1. The summed E-state index contributed by atoms with van der Waals surface area (Å²) in [7, 11) is 0. The number of rotatable bonds is 2. The molecule has 1 amide bonds. The normalized spacial score (nSPS) is 9.50. The van der Waals surface area contributed by atoms with E-state index in [0.29, 0.717) is 0 Å². The SMILES string of the molecule is [CH2]Sc1ccc(NC(C)=O)cc1. The molecular formula is C9H10NOS. The summed E-state index contributed by atoms with van der Waals surface area (Å²) >= 11 is 1.43. The van der Waals surface area contributed by atoms with Crippen molar-refractivity contribution in [3.05, 3.63) is 30.5 Å². The molecule has 1 N–H and O–H groups in total.